The summed E-state index contributed by atoms with van der Waals surface area (Å²) in [4.78, 5) is 15.3. The van der Waals surface area contributed by atoms with Crippen LogP contribution in [0.3, 0.4) is 0 Å². The van der Waals surface area contributed by atoms with E-state index >= 15 is 0 Å². The van der Waals surface area contributed by atoms with Crippen molar-refractivity contribution in [3.8, 4) is 0 Å². The van der Waals surface area contributed by atoms with Gasteiger partial charge in [0.1, 0.15) is 11.6 Å². The van der Waals surface area contributed by atoms with E-state index in [1.165, 1.54) is 18.2 Å². The zero-order valence-corrected chi connectivity index (χ0v) is 16.1. The van der Waals surface area contributed by atoms with E-state index in [0.29, 0.717) is 13.1 Å². The third-order valence-electron chi connectivity index (χ3n) is 6.12. The van der Waals surface area contributed by atoms with Gasteiger partial charge in [0, 0.05) is 43.9 Å². The lowest BCUT2D eigenvalue weighted by molar-refractivity contribution is -0.138. The smallest absolute Gasteiger partial charge is 0.228 e. The molecule has 7 heteroatoms. The lowest BCUT2D eigenvalue weighted by atomic mass is 9.89. The van der Waals surface area contributed by atoms with Crippen LogP contribution >= 0.6 is 0 Å². The molecule has 5 nitrogen and oxygen atoms in total. The number of hydrogen-bond donors (Lipinski definition) is 1. The van der Waals surface area contributed by atoms with Gasteiger partial charge in [0.15, 0.2) is 0 Å². The van der Waals surface area contributed by atoms with Crippen LogP contribution in [0.25, 0.3) is 0 Å². The minimum absolute atomic E-state index is 0.0156. The van der Waals surface area contributed by atoms with Gasteiger partial charge in [-0.05, 0) is 30.5 Å². The number of carbonyl (C=O) groups is 1. The van der Waals surface area contributed by atoms with Crippen LogP contribution in [0.5, 0.6) is 0 Å². The first kappa shape index (κ1) is 19.1. The van der Waals surface area contributed by atoms with E-state index in [1.807, 2.05) is 13.2 Å². The van der Waals surface area contributed by atoms with Gasteiger partial charge < -0.3 is 10.2 Å². The Morgan fingerprint density at radius 3 is 2.61 bits per heavy atom. The Balaban J connectivity index is 1.61. The summed E-state index contributed by atoms with van der Waals surface area (Å²) in [5, 5.41) is 7.54. The van der Waals surface area contributed by atoms with Crippen molar-refractivity contribution in [2.45, 2.75) is 44.2 Å². The molecule has 2 aliphatic rings. The van der Waals surface area contributed by atoms with Crippen molar-refractivity contribution in [2.24, 2.45) is 13.0 Å². The lowest BCUT2D eigenvalue weighted by Gasteiger charge is -2.33. The summed E-state index contributed by atoms with van der Waals surface area (Å²) in [5.74, 6) is -1.43. The van der Waals surface area contributed by atoms with E-state index in [2.05, 4.69) is 10.4 Å². The molecule has 28 heavy (non-hydrogen) atoms. The van der Waals surface area contributed by atoms with Crippen LogP contribution in [0.4, 0.5) is 8.78 Å². The zero-order chi connectivity index (χ0) is 19.7. The fourth-order valence-corrected chi connectivity index (χ4v) is 4.59. The minimum atomic E-state index is -0.593. The number of aryl methyl sites for hydroxylation is 1. The Bertz CT molecular complexity index is 826. The van der Waals surface area contributed by atoms with Gasteiger partial charge in [0.05, 0.1) is 18.7 Å². The quantitative estimate of drug-likeness (QED) is 0.857. The summed E-state index contributed by atoms with van der Waals surface area (Å²) >= 11 is 0. The number of amides is 1. The number of benzene rings is 1. The molecule has 1 aromatic heterocycles. The molecule has 4 rings (SSSR count). The molecule has 1 aliphatic heterocycles. The number of nitrogens with zero attached hydrogens (tertiary/aromatic N) is 3. The average Bonchev–Trinajstić information content (AvgIpc) is 3.42. The van der Waals surface area contributed by atoms with Crippen molar-refractivity contribution in [2.75, 3.05) is 13.1 Å². The van der Waals surface area contributed by atoms with E-state index in [0.717, 1.165) is 31.2 Å². The zero-order valence-electron chi connectivity index (χ0n) is 16.1. The summed E-state index contributed by atoms with van der Waals surface area (Å²) < 4.78 is 30.3. The molecule has 1 N–H and O–H groups in total. The van der Waals surface area contributed by atoms with Crippen LogP contribution in [0.2, 0.25) is 0 Å². The molecule has 1 aliphatic carbocycles. The first-order valence-electron chi connectivity index (χ1n) is 9.97. The Morgan fingerprint density at radius 1 is 1.25 bits per heavy atom. The summed E-state index contributed by atoms with van der Waals surface area (Å²) in [5.41, 5.74) is 1.00. The molecule has 2 aromatic rings. The Morgan fingerprint density at radius 2 is 1.96 bits per heavy atom. The molecule has 0 unspecified atom stereocenters. The standard InChI is InChI=1S/C21H26F2N4O/c1-26-12-14(9-25-26)16-10-24-11-17(16)21(28)27(15-5-2-3-6-15)13-18-19(22)7-4-8-20(18)23/h4,7-9,12,15-17,24H,2-3,5-6,10-11,13H2,1H3/t16-,17+/m1/s1. The van der Waals surface area contributed by atoms with Gasteiger partial charge >= 0.3 is 0 Å². The first-order valence-corrected chi connectivity index (χ1v) is 9.97. The second-order valence-corrected chi connectivity index (χ2v) is 7.92. The van der Waals surface area contributed by atoms with Crippen LogP contribution in [-0.4, -0.2) is 39.7 Å². The summed E-state index contributed by atoms with van der Waals surface area (Å²) in [7, 11) is 1.86. The third kappa shape index (κ3) is 3.68. The van der Waals surface area contributed by atoms with Crippen molar-refractivity contribution >= 4 is 5.91 Å². The van der Waals surface area contributed by atoms with Gasteiger partial charge in [0.2, 0.25) is 5.91 Å². The maximum atomic E-state index is 14.3. The number of hydrogen-bond acceptors (Lipinski definition) is 3. The number of aromatic nitrogens is 2. The van der Waals surface area contributed by atoms with E-state index in [1.54, 1.807) is 15.8 Å². The summed E-state index contributed by atoms with van der Waals surface area (Å²) in [6.07, 6.45) is 7.61. The second-order valence-electron chi connectivity index (χ2n) is 7.92. The molecular weight excluding hydrogens is 362 g/mol. The molecule has 150 valence electrons. The fraction of sp³-hybridized carbons (Fsp3) is 0.524. The van der Waals surface area contributed by atoms with Crippen LogP contribution in [-0.2, 0) is 18.4 Å². The maximum Gasteiger partial charge on any atom is 0.228 e. The second kappa shape index (κ2) is 7.99. The largest absolute Gasteiger partial charge is 0.335 e. The Hall–Kier alpha value is -2.28. The number of halogens is 2. The molecule has 0 radical (unpaired) electrons. The summed E-state index contributed by atoms with van der Waals surface area (Å²) in [6.45, 7) is 1.26. The van der Waals surface area contributed by atoms with Crippen LogP contribution in [0.15, 0.2) is 30.6 Å². The Kier molecular flexibility index (Phi) is 5.44. The normalized spacial score (nSPS) is 22.7. The molecule has 0 spiro atoms. The van der Waals surface area contributed by atoms with Gasteiger partial charge in [-0.3, -0.25) is 9.48 Å². The maximum absolute atomic E-state index is 14.3. The number of carbonyl (C=O) groups excluding carboxylic acids is 1. The molecule has 1 amide bonds. The van der Waals surface area contributed by atoms with Gasteiger partial charge in [-0.1, -0.05) is 18.9 Å². The molecule has 1 aromatic carbocycles. The van der Waals surface area contributed by atoms with Crippen molar-refractivity contribution in [1.29, 1.82) is 0 Å². The van der Waals surface area contributed by atoms with E-state index in [4.69, 9.17) is 0 Å². The molecule has 1 saturated heterocycles. The molecule has 2 atom stereocenters. The molecule has 1 saturated carbocycles. The van der Waals surface area contributed by atoms with Crippen molar-refractivity contribution in [1.82, 2.24) is 20.0 Å². The lowest BCUT2D eigenvalue weighted by Crippen LogP contribution is -2.44. The SMILES string of the molecule is Cn1cc([C@H]2CNC[C@@H]2C(=O)N(Cc2c(F)cccc2F)C2CCCC2)cn1. The Labute approximate surface area is 163 Å². The van der Waals surface area contributed by atoms with Crippen molar-refractivity contribution in [3.63, 3.8) is 0 Å². The predicted octanol–water partition coefficient (Wildman–Crippen LogP) is 2.97. The number of rotatable bonds is 5. The molecule has 2 heterocycles. The number of nitrogens with one attached hydrogen (secondary N) is 1. The van der Waals surface area contributed by atoms with Crippen LogP contribution in [0, 0.1) is 17.6 Å². The highest BCUT2D eigenvalue weighted by Crippen LogP contribution is 2.33. The van der Waals surface area contributed by atoms with Gasteiger partial charge in [-0.25, -0.2) is 8.78 Å². The van der Waals surface area contributed by atoms with Crippen LogP contribution in [0.1, 0.15) is 42.7 Å². The predicted molar refractivity (Wildman–Crippen MR) is 101 cm³/mol. The monoisotopic (exact) mass is 388 g/mol. The van der Waals surface area contributed by atoms with Gasteiger partial charge in [-0.15, -0.1) is 0 Å². The van der Waals surface area contributed by atoms with E-state index < -0.39 is 11.6 Å². The van der Waals surface area contributed by atoms with Gasteiger partial charge in [-0.2, -0.15) is 5.10 Å². The van der Waals surface area contributed by atoms with Crippen molar-refractivity contribution in [3.05, 3.63) is 53.4 Å². The average molecular weight is 388 g/mol. The third-order valence-corrected chi connectivity index (χ3v) is 6.12. The molecule has 2 fully saturated rings. The topological polar surface area (TPSA) is 50.2 Å². The highest BCUT2D eigenvalue weighted by molar-refractivity contribution is 5.81. The highest BCUT2D eigenvalue weighted by atomic mass is 19.1. The minimum Gasteiger partial charge on any atom is -0.335 e. The van der Waals surface area contributed by atoms with E-state index in [-0.39, 0.29) is 35.9 Å². The van der Waals surface area contributed by atoms with E-state index in [9.17, 15) is 13.6 Å². The fourth-order valence-electron chi connectivity index (χ4n) is 4.59. The highest BCUT2D eigenvalue weighted by Gasteiger charge is 2.39. The summed E-state index contributed by atoms with van der Waals surface area (Å²) in [6, 6.07) is 3.91. The molecular formula is C21H26F2N4O. The van der Waals surface area contributed by atoms with Gasteiger partial charge in [0.25, 0.3) is 0 Å². The van der Waals surface area contributed by atoms with Crippen molar-refractivity contribution < 1.29 is 13.6 Å². The first-order chi connectivity index (χ1) is 13.5. The van der Waals surface area contributed by atoms with Crippen LogP contribution < -0.4 is 5.32 Å². The molecule has 0 bridgehead atoms.